The molecule has 0 atom stereocenters. The van der Waals surface area contributed by atoms with Crippen LogP contribution in [-0.4, -0.2) is 11.5 Å². The number of nitrogens with one attached hydrogen (secondary N) is 1. The Balaban J connectivity index is 2.08. The lowest BCUT2D eigenvalue weighted by molar-refractivity contribution is 0.342. The summed E-state index contributed by atoms with van der Waals surface area (Å²) < 4.78 is 0. The van der Waals surface area contributed by atoms with E-state index >= 15 is 0 Å². The van der Waals surface area contributed by atoms with Crippen molar-refractivity contribution >= 4 is 22.1 Å². The van der Waals surface area contributed by atoms with Gasteiger partial charge >= 0.3 is 0 Å². The van der Waals surface area contributed by atoms with E-state index in [1.807, 2.05) is 24.5 Å². The smallest absolute Gasteiger partial charge is 0.0422 e. The first-order valence-corrected chi connectivity index (χ1v) is 7.89. The van der Waals surface area contributed by atoms with Gasteiger partial charge in [-0.15, -0.1) is 0 Å². The fourth-order valence-electron chi connectivity index (χ4n) is 2.64. The van der Waals surface area contributed by atoms with Crippen LogP contribution in [0, 0.1) is 5.41 Å². The molecule has 3 N–H and O–H groups in total. The SMILES string of the molecule is CCCCCC(C)(C)CNc1ccc(N)c2cnccc12. The van der Waals surface area contributed by atoms with Crippen LogP contribution in [0.2, 0.25) is 0 Å². The number of nitrogens with two attached hydrogens (primary N) is 1. The Labute approximate surface area is 128 Å². The van der Waals surface area contributed by atoms with Crippen molar-refractivity contribution in [3.63, 3.8) is 0 Å². The maximum atomic E-state index is 6.02. The molecule has 0 saturated carbocycles. The zero-order valence-corrected chi connectivity index (χ0v) is 13.4. The number of fused-ring (bicyclic) bond motifs is 1. The van der Waals surface area contributed by atoms with Crippen LogP contribution in [0.4, 0.5) is 11.4 Å². The highest BCUT2D eigenvalue weighted by molar-refractivity contribution is 6.00. The summed E-state index contributed by atoms with van der Waals surface area (Å²) >= 11 is 0. The van der Waals surface area contributed by atoms with Gasteiger partial charge in [-0.1, -0.05) is 40.0 Å². The molecule has 2 rings (SSSR count). The predicted octanol–water partition coefficient (Wildman–Crippen LogP) is 4.84. The maximum absolute atomic E-state index is 6.02. The van der Waals surface area contributed by atoms with Gasteiger partial charge < -0.3 is 11.1 Å². The quantitative estimate of drug-likeness (QED) is 0.565. The van der Waals surface area contributed by atoms with Crippen molar-refractivity contribution < 1.29 is 0 Å². The first-order valence-electron chi connectivity index (χ1n) is 7.89. The fraction of sp³-hybridized carbons (Fsp3) is 0.500. The third kappa shape index (κ3) is 4.10. The van der Waals surface area contributed by atoms with Crippen LogP contribution in [0.15, 0.2) is 30.6 Å². The summed E-state index contributed by atoms with van der Waals surface area (Å²) in [7, 11) is 0. The molecule has 0 aliphatic carbocycles. The summed E-state index contributed by atoms with van der Waals surface area (Å²) in [4.78, 5) is 4.17. The number of hydrogen-bond acceptors (Lipinski definition) is 3. The third-order valence-electron chi connectivity index (χ3n) is 4.07. The van der Waals surface area contributed by atoms with Crippen LogP contribution in [0.1, 0.15) is 46.5 Å². The summed E-state index contributed by atoms with van der Waals surface area (Å²) in [5.41, 5.74) is 8.25. The number of hydrogen-bond donors (Lipinski definition) is 2. The topological polar surface area (TPSA) is 50.9 Å². The monoisotopic (exact) mass is 285 g/mol. The van der Waals surface area contributed by atoms with Crippen molar-refractivity contribution in [1.82, 2.24) is 4.98 Å². The van der Waals surface area contributed by atoms with Gasteiger partial charge in [0.2, 0.25) is 0 Å². The fourth-order valence-corrected chi connectivity index (χ4v) is 2.64. The minimum absolute atomic E-state index is 0.301. The molecule has 2 aromatic rings. The minimum atomic E-state index is 0.301. The highest BCUT2D eigenvalue weighted by Gasteiger charge is 2.17. The molecule has 0 amide bonds. The number of nitrogen functional groups attached to an aromatic ring is 1. The number of pyridine rings is 1. The van der Waals surface area contributed by atoms with E-state index in [2.05, 4.69) is 37.1 Å². The lowest BCUT2D eigenvalue weighted by Crippen LogP contribution is -2.23. The minimum Gasteiger partial charge on any atom is -0.398 e. The summed E-state index contributed by atoms with van der Waals surface area (Å²) in [5, 5.41) is 5.77. The second-order valence-electron chi connectivity index (χ2n) is 6.60. The molecule has 0 unspecified atom stereocenters. The Bertz CT molecular complexity index is 590. The summed E-state index contributed by atoms with van der Waals surface area (Å²) in [6.45, 7) is 7.88. The van der Waals surface area contributed by atoms with Crippen molar-refractivity contribution in [2.75, 3.05) is 17.6 Å². The molecule has 0 aliphatic heterocycles. The molecule has 0 radical (unpaired) electrons. The van der Waals surface area contributed by atoms with Crippen molar-refractivity contribution in [3.8, 4) is 0 Å². The lowest BCUT2D eigenvalue weighted by atomic mass is 9.86. The van der Waals surface area contributed by atoms with Crippen molar-refractivity contribution in [2.45, 2.75) is 46.5 Å². The van der Waals surface area contributed by atoms with Crippen molar-refractivity contribution in [2.24, 2.45) is 5.41 Å². The van der Waals surface area contributed by atoms with E-state index in [9.17, 15) is 0 Å². The van der Waals surface area contributed by atoms with Gasteiger partial charge in [-0.3, -0.25) is 4.98 Å². The van der Waals surface area contributed by atoms with Crippen LogP contribution >= 0.6 is 0 Å². The van der Waals surface area contributed by atoms with Gasteiger partial charge in [-0.05, 0) is 30.0 Å². The Hall–Kier alpha value is -1.77. The van der Waals surface area contributed by atoms with Crippen LogP contribution in [-0.2, 0) is 0 Å². The Morgan fingerprint density at radius 2 is 1.95 bits per heavy atom. The normalized spacial score (nSPS) is 11.8. The number of anilines is 2. The van der Waals surface area contributed by atoms with Gasteiger partial charge in [-0.2, -0.15) is 0 Å². The average Bonchev–Trinajstić information content (AvgIpc) is 2.47. The highest BCUT2D eigenvalue weighted by Crippen LogP contribution is 2.30. The highest BCUT2D eigenvalue weighted by atomic mass is 14.9. The van der Waals surface area contributed by atoms with Crippen molar-refractivity contribution in [1.29, 1.82) is 0 Å². The molecule has 0 spiro atoms. The average molecular weight is 285 g/mol. The van der Waals surface area contributed by atoms with E-state index in [4.69, 9.17) is 5.73 Å². The number of benzene rings is 1. The van der Waals surface area contributed by atoms with E-state index in [0.717, 1.165) is 28.7 Å². The molecule has 0 aliphatic rings. The second-order valence-corrected chi connectivity index (χ2v) is 6.60. The summed E-state index contributed by atoms with van der Waals surface area (Å²) in [6, 6.07) is 6.05. The van der Waals surface area contributed by atoms with E-state index in [1.165, 1.54) is 25.7 Å². The van der Waals surface area contributed by atoms with Gasteiger partial charge in [-0.25, -0.2) is 0 Å². The van der Waals surface area contributed by atoms with Crippen LogP contribution < -0.4 is 11.1 Å². The number of nitrogens with zero attached hydrogens (tertiary/aromatic N) is 1. The molecule has 3 heteroatoms. The van der Waals surface area contributed by atoms with Gasteiger partial charge in [0, 0.05) is 41.1 Å². The zero-order valence-electron chi connectivity index (χ0n) is 13.4. The third-order valence-corrected chi connectivity index (χ3v) is 4.07. The molecule has 21 heavy (non-hydrogen) atoms. The molecule has 0 saturated heterocycles. The van der Waals surface area contributed by atoms with E-state index in [0.29, 0.717) is 5.41 Å². The predicted molar refractivity (Wildman–Crippen MR) is 92.6 cm³/mol. The Morgan fingerprint density at radius 3 is 2.71 bits per heavy atom. The van der Waals surface area contributed by atoms with Crippen LogP contribution in [0.5, 0.6) is 0 Å². The molecule has 0 fully saturated rings. The number of rotatable bonds is 7. The van der Waals surface area contributed by atoms with Gasteiger partial charge in [0.15, 0.2) is 0 Å². The largest absolute Gasteiger partial charge is 0.398 e. The molecule has 0 bridgehead atoms. The molecule has 1 aromatic carbocycles. The molecule has 1 heterocycles. The molecular formula is C18H27N3. The first kappa shape index (κ1) is 15.6. The van der Waals surface area contributed by atoms with E-state index in [1.54, 1.807) is 0 Å². The van der Waals surface area contributed by atoms with Gasteiger partial charge in [0.05, 0.1) is 0 Å². The summed E-state index contributed by atoms with van der Waals surface area (Å²) in [5.74, 6) is 0. The van der Waals surface area contributed by atoms with E-state index in [-0.39, 0.29) is 0 Å². The lowest BCUT2D eigenvalue weighted by Gasteiger charge is -2.26. The van der Waals surface area contributed by atoms with Gasteiger partial charge in [0.25, 0.3) is 0 Å². The van der Waals surface area contributed by atoms with Crippen molar-refractivity contribution in [3.05, 3.63) is 30.6 Å². The van der Waals surface area contributed by atoms with E-state index < -0.39 is 0 Å². The molecule has 3 nitrogen and oxygen atoms in total. The van der Waals surface area contributed by atoms with Crippen LogP contribution in [0.25, 0.3) is 10.8 Å². The molecular weight excluding hydrogens is 258 g/mol. The zero-order chi connectivity index (χ0) is 15.3. The second kappa shape index (κ2) is 6.79. The Morgan fingerprint density at radius 1 is 1.14 bits per heavy atom. The molecule has 1 aromatic heterocycles. The number of unbranched alkanes of at least 4 members (excludes halogenated alkanes) is 2. The Kier molecular flexibility index (Phi) is 5.05. The molecule has 114 valence electrons. The number of aromatic nitrogens is 1. The summed E-state index contributed by atoms with van der Waals surface area (Å²) in [6.07, 6.45) is 8.81. The van der Waals surface area contributed by atoms with Gasteiger partial charge in [0.1, 0.15) is 0 Å². The standard InChI is InChI=1S/C18H27N3/c1-4-5-6-10-18(2,3)13-21-17-8-7-16(19)15-12-20-11-9-14(15)17/h7-9,11-12,21H,4-6,10,13,19H2,1-3H3. The maximum Gasteiger partial charge on any atom is 0.0422 e. The first-order chi connectivity index (χ1) is 10.0. The van der Waals surface area contributed by atoms with Crippen LogP contribution in [0.3, 0.4) is 0 Å².